The zero-order valence-electron chi connectivity index (χ0n) is 15.2. The molecule has 3 rings (SSSR count). The number of rotatable bonds is 7. The van der Waals surface area contributed by atoms with Crippen LogP contribution in [0.25, 0.3) is 11.4 Å². The van der Waals surface area contributed by atoms with Crippen molar-refractivity contribution in [1.82, 2.24) is 20.1 Å². The van der Waals surface area contributed by atoms with Gasteiger partial charge in [-0.2, -0.15) is 0 Å². The van der Waals surface area contributed by atoms with Gasteiger partial charge in [-0.3, -0.25) is 9.89 Å². The summed E-state index contributed by atoms with van der Waals surface area (Å²) >= 11 is 3.04. The number of aryl methyl sites for hydroxylation is 2. The number of nitrogens with one attached hydrogen (secondary N) is 1. The summed E-state index contributed by atoms with van der Waals surface area (Å²) in [4.78, 5) is 19.8. The Hall–Kier alpha value is -2.12. The number of amides is 1. The summed E-state index contributed by atoms with van der Waals surface area (Å²) in [6.07, 6.45) is 1.01. The van der Waals surface area contributed by atoms with Crippen LogP contribution in [0.15, 0.2) is 40.9 Å². The van der Waals surface area contributed by atoms with Crippen molar-refractivity contribution in [2.75, 3.05) is 12.8 Å². The van der Waals surface area contributed by atoms with Gasteiger partial charge in [0.15, 0.2) is 5.82 Å². The fourth-order valence-corrected chi connectivity index (χ4v) is 4.14. The third-order valence-corrected chi connectivity index (χ3v) is 6.04. The molecule has 0 bridgehead atoms. The number of hydrogen-bond acceptors (Lipinski definition) is 5. The fraction of sp³-hybridized carbons (Fsp3) is 0.316. The van der Waals surface area contributed by atoms with Gasteiger partial charge in [0.05, 0.1) is 12.3 Å². The van der Waals surface area contributed by atoms with Gasteiger partial charge in [0, 0.05) is 17.5 Å². The van der Waals surface area contributed by atoms with E-state index in [2.05, 4.69) is 52.6 Å². The summed E-state index contributed by atoms with van der Waals surface area (Å²) < 4.78 is 0. The molecule has 1 N–H and O–H groups in total. The number of carbonyl (C=O) groups excluding carboxylic acids is 1. The molecule has 0 saturated carbocycles. The Balaban J connectivity index is 1.55. The molecule has 136 valence electrons. The maximum atomic E-state index is 12.3. The average molecular weight is 387 g/mol. The predicted octanol–water partition coefficient (Wildman–Crippen LogP) is 4.15. The van der Waals surface area contributed by atoms with Crippen molar-refractivity contribution < 1.29 is 4.79 Å². The van der Waals surface area contributed by atoms with Crippen LogP contribution >= 0.6 is 23.1 Å². The van der Waals surface area contributed by atoms with Gasteiger partial charge in [-0.15, -0.1) is 16.4 Å². The van der Waals surface area contributed by atoms with Gasteiger partial charge in [0.1, 0.15) is 0 Å². The summed E-state index contributed by atoms with van der Waals surface area (Å²) in [7, 11) is 1.83. The van der Waals surface area contributed by atoms with E-state index in [1.165, 1.54) is 27.8 Å². The summed E-state index contributed by atoms with van der Waals surface area (Å²) in [6, 6.07) is 10.3. The van der Waals surface area contributed by atoms with Crippen molar-refractivity contribution in [3.8, 4) is 11.4 Å². The highest BCUT2D eigenvalue weighted by Crippen LogP contribution is 2.21. The second-order valence-electron chi connectivity index (χ2n) is 6.08. The van der Waals surface area contributed by atoms with E-state index in [1.54, 1.807) is 16.2 Å². The van der Waals surface area contributed by atoms with Crippen molar-refractivity contribution in [2.45, 2.75) is 32.0 Å². The van der Waals surface area contributed by atoms with Crippen LogP contribution in [0.3, 0.4) is 0 Å². The van der Waals surface area contributed by atoms with E-state index >= 15 is 0 Å². The minimum Gasteiger partial charge on any atom is -0.340 e. The largest absolute Gasteiger partial charge is 0.340 e. The van der Waals surface area contributed by atoms with Gasteiger partial charge in [0.25, 0.3) is 0 Å². The lowest BCUT2D eigenvalue weighted by molar-refractivity contribution is -0.127. The summed E-state index contributed by atoms with van der Waals surface area (Å²) in [6.45, 7) is 4.85. The smallest absolute Gasteiger partial charge is 0.233 e. The monoisotopic (exact) mass is 386 g/mol. The highest BCUT2D eigenvalue weighted by atomic mass is 32.2. The normalized spacial score (nSPS) is 10.9. The van der Waals surface area contributed by atoms with E-state index in [9.17, 15) is 4.79 Å². The first-order valence-electron chi connectivity index (χ1n) is 8.48. The number of aromatic nitrogens is 3. The molecule has 0 unspecified atom stereocenters. The maximum Gasteiger partial charge on any atom is 0.233 e. The molecule has 0 aliphatic carbocycles. The molecule has 5 nitrogen and oxygen atoms in total. The van der Waals surface area contributed by atoms with Crippen molar-refractivity contribution >= 4 is 29.0 Å². The molecule has 0 aliphatic heterocycles. The lowest BCUT2D eigenvalue weighted by atomic mass is 10.1. The van der Waals surface area contributed by atoms with E-state index in [1.807, 2.05) is 19.2 Å². The predicted molar refractivity (Wildman–Crippen MR) is 107 cm³/mol. The van der Waals surface area contributed by atoms with Gasteiger partial charge >= 0.3 is 0 Å². The van der Waals surface area contributed by atoms with Crippen molar-refractivity contribution in [3.63, 3.8) is 0 Å². The number of nitrogens with zero attached hydrogens (tertiary/aromatic N) is 3. The Labute approximate surface area is 161 Å². The van der Waals surface area contributed by atoms with Crippen molar-refractivity contribution in [1.29, 1.82) is 0 Å². The van der Waals surface area contributed by atoms with Crippen LogP contribution in [0, 0.1) is 6.92 Å². The van der Waals surface area contributed by atoms with Crippen LogP contribution in [0.2, 0.25) is 0 Å². The first-order valence-corrected chi connectivity index (χ1v) is 10.3. The van der Waals surface area contributed by atoms with Crippen LogP contribution in [0.4, 0.5) is 0 Å². The molecule has 0 radical (unpaired) electrons. The molecule has 3 aromatic rings. The Morgan fingerprint density at radius 3 is 2.69 bits per heavy atom. The highest BCUT2D eigenvalue weighted by molar-refractivity contribution is 7.99. The lowest BCUT2D eigenvalue weighted by Gasteiger charge is -2.16. The Kier molecular flexibility index (Phi) is 6.11. The van der Waals surface area contributed by atoms with E-state index < -0.39 is 0 Å². The van der Waals surface area contributed by atoms with Crippen LogP contribution in [-0.2, 0) is 17.8 Å². The molecule has 2 aromatic heterocycles. The molecule has 26 heavy (non-hydrogen) atoms. The van der Waals surface area contributed by atoms with E-state index in [4.69, 9.17) is 0 Å². The topological polar surface area (TPSA) is 61.9 Å². The van der Waals surface area contributed by atoms with Crippen molar-refractivity contribution in [3.05, 3.63) is 51.7 Å². The quantitative estimate of drug-likeness (QED) is 0.620. The van der Waals surface area contributed by atoms with Crippen molar-refractivity contribution in [2.24, 2.45) is 0 Å². The second kappa shape index (κ2) is 8.51. The fourth-order valence-electron chi connectivity index (χ4n) is 2.44. The summed E-state index contributed by atoms with van der Waals surface area (Å²) in [5.74, 6) is 1.12. The third kappa shape index (κ3) is 4.53. The molecule has 2 heterocycles. The number of hydrogen-bond donors (Lipinski definition) is 1. The number of H-pyrrole nitrogens is 1. The van der Waals surface area contributed by atoms with E-state index in [0.717, 1.165) is 17.8 Å². The summed E-state index contributed by atoms with van der Waals surface area (Å²) in [5, 5.41) is 9.81. The third-order valence-electron chi connectivity index (χ3n) is 4.20. The minimum absolute atomic E-state index is 0.0708. The Morgan fingerprint density at radius 2 is 2.04 bits per heavy atom. The summed E-state index contributed by atoms with van der Waals surface area (Å²) in [5.41, 5.74) is 3.52. The Bertz CT molecular complexity index is 870. The minimum atomic E-state index is 0.0708. The number of aromatic amines is 1. The first kappa shape index (κ1) is 18.7. The van der Waals surface area contributed by atoms with Crippen LogP contribution in [-0.4, -0.2) is 38.8 Å². The number of benzene rings is 1. The van der Waals surface area contributed by atoms with Gasteiger partial charge in [0.2, 0.25) is 11.1 Å². The number of carbonyl (C=O) groups is 1. The Morgan fingerprint density at radius 1 is 1.27 bits per heavy atom. The maximum absolute atomic E-state index is 12.3. The lowest BCUT2D eigenvalue weighted by Crippen LogP contribution is -2.27. The molecule has 0 spiro atoms. The van der Waals surface area contributed by atoms with Crippen LogP contribution in [0.1, 0.15) is 22.9 Å². The van der Waals surface area contributed by atoms with Crippen LogP contribution < -0.4 is 0 Å². The SMILES string of the molecule is CCc1ccc(-c2nc(SCC(=O)N(C)Cc3sccc3C)n[nH]2)cc1. The van der Waals surface area contributed by atoms with Crippen LogP contribution in [0.5, 0.6) is 0 Å². The molecule has 7 heteroatoms. The van der Waals surface area contributed by atoms with Gasteiger partial charge < -0.3 is 4.90 Å². The molecule has 1 amide bonds. The molecule has 0 aliphatic rings. The average Bonchev–Trinajstić information content (AvgIpc) is 3.29. The first-order chi connectivity index (χ1) is 12.6. The number of thioether (sulfide) groups is 1. The van der Waals surface area contributed by atoms with Gasteiger partial charge in [-0.05, 0) is 35.9 Å². The van der Waals surface area contributed by atoms with E-state index in [-0.39, 0.29) is 5.91 Å². The zero-order chi connectivity index (χ0) is 18.5. The molecule has 1 aromatic carbocycles. The molecular weight excluding hydrogens is 364 g/mol. The molecule has 0 saturated heterocycles. The standard InChI is InChI=1S/C19H22N4OS2/c1-4-14-5-7-15(8-6-14)18-20-19(22-21-18)26-12-17(24)23(3)11-16-13(2)9-10-25-16/h5-10H,4,11-12H2,1-3H3,(H,20,21,22). The second-order valence-corrected chi connectivity index (χ2v) is 8.03. The zero-order valence-corrected chi connectivity index (χ0v) is 16.8. The molecule has 0 fully saturated rings. The molecular formula is C19H22N4OS2. The number of thiophene rings is 1. The molecule has 0 atom stereocenters. The van der Waals surface area contributed by atoms with Gasteiger partial charge in [-0.25, -0.2) is 4.98 Å². The van der Waals surface area contributed by atoms with E-state index in [0.29, 0.717) is 17.5 Å². The highest BCUT2D eigenvalue weighted by Gasteiger charge is 2.14. The van der Waals surface area contributed by atoms with Gasteiger partial charge in [-0.1, -0.05) is 43.0 Å².